The van der Waals surface area contributed by atoms with Gasteiger partial charge in [-0.25, -0.2) is 4.98 Å². The summed E-state index contributed by atoms with van der Waals surface area (Å²) in [7, 11) is 0. The summed E-state index contributed by atoms with van der Waals surface area (Å²) in [6, 6.07) is 9.01. The van der Waals surface area contributed by atoms with Crippen molar-refractivity contribution in [1.82, 2.24) is 19.8 Å². The fourth-order valence-corrected chi connectivity index (χ4v) is 6.00. The van der Waals surface area contributed by atoms with Gasteiger partial charge in [0, 0.05) is 25.0 Å². The minimum Gasteiger partial charge on any atom is -0.353 e. The Kier molecular flexibility index (Phi) is 9.38. The van der Waals surface area contributed by atoms with Gasteiger partial charge in [-0.1, -0.05) is 63.7 Å². The molecule has 0 atom stereocenters. The summed E-state index contributed by atoms with van der Waals surface area (Å²) in [6.45, 7) is 4.54. The standard InChI is InChI=1S/C29H42N4O2/c1-2-28(34)30-21-13-5-10-20-27-31-25-18-11-12-19-26(25)32(27)22-29(35)33(23-14-6-3-7-15-23)24-16-8-4-9-17-24/h2,11-12,18-19,23-24H,1,3-10,13-17,20-22H2,(H,30,34). The molecule has 2 aromatic rings. The maximum absolute atomic E-state index is 13.9. The van der Waals surface area contributed by atoms with Crippen molar-refractivity contribution in [1.29, 1.82) is 0 Å². The molecule has 35 heavy (non-hydrogen) atoms. The smallest absolute Gasteiger partial charge is 0.243 e. The average Bonchev–Trinajstić information content (AvgIpc) is 3.24. The van der Waals surface area contributed by atoms with E-state index < -0.39 is 0 Å². The van der Waals surface area contributed by atoms with Gasteiger partial charge in [0.1, 0.15) is 12.4 Å². The number of nitrogens with zero attached hydrogens (tertiary/aromatic N) is 3. The molecule has 1 aromatic carbocycles. The fourth-order valence-electron chi connectivity index (χ4n) is 6.00. The second-order valence-electron chi connectivity index (χ2n) is 10.3. The Labute approximate surface area is 210 Å². The van der Waals surface area contributed by atoms with Crippen LogP contribution >= 0.6 is 0 Å². The zero-order valence-corrected chi connectivity index (χ0v) is 21.2. The first-order valence-corrected chi connectivity index (χ1v) is 13.8. The number of benzene rings is 1. The molecule has 2 saturated carbocycles. The first-order chi connectivity index (χ1) is 17.2. The number of para-hydroxylation sites is 2. The molecule has 0 saturated heterocycles. The lowest BCUT2D eigenvalue weighted by Crippen LogP contribution is -2.50. The average molecular weight is 479 g/mol. The minimum atomic E-state index is -0.120. The van der Waals surface area contributed by atoms with Crippen molar-refractivity contribution >= 4 is 22.8 Å². The normalized spacial score (nSPS) is 17.4. The van der Waals surface area contributed by atoms with Gasteiger partial charge in [0.2, 0.25) is 11.8 Å². The lowest BCUT2D eigenvalue weighted by Gasteiger charge is -2.42. The molecule has 2 aliphatic carbocycles. The second-order valence-corrected chi connectivity index (χ2v) is 10.3. The molecule has 190 valence electrons. The van der Waals surface area contributed by atoms with Crippen molar-refractivity contribution < 1.29 is 9.59 Å². The SMILES string of the molecule is C=CC(=O)NCCCCCc1nc2ccccc2n1CC(=O)N(C1CCCCC1)C1CCCCC1. The molecule has 4 rings (SSSR count). The van der Waals surface area contributed by atoms with Crippen LogP contribution in [0.3, 0.4) is 0 Å². The lowest BCUT2D eigenvalue weighted by molar-refractivity contribution is -0.138. The first kappa shape index (κ1) is 25.5. The van der Waals surface area contributed by atoms with Crippen LogP contribution < -0.4 is 5.32 Å². The third-order valence-corrected chi connectivity index (χ3v) is 7.81. The topological polar surface area (TPSA) is 67.2 Å². The van der Waals surface area contributed by atoms with Crippen molar-refractivity contribution in [3.63, 3.8) is 0 Å². The number of carbonyl (C=O) groups excluding carboxylic acids is 2. The number of aryl methyl sites for hydroxylation is 1. The molecule has 1 N–H and O–H groups in total. The molecule has 1 aromatic heterocycles. The summed E-state index contributed by atoms with van der Waals surface area (Å²) in [4.78, 5) is 32.5. The summed E-state index contributed by atoms with van der Waals surface area (Å²) >= 11 is 0. The number of imidazole rings is 1. The monoisotopic (exact) mass is 478 g/mol. The molecule has 0 spiro atoms. The van der Waals surface area contributed by atoms with E-state index in [1.165, 1.54) is 44.6 Å². The first-order valence-electron chi connectivity index (χ1n) is 13.8. The minimum absolute atomic E-state index is 0.120. The van der Waals surface area contributed by atoms with Crippen LogP contribution in [-0.4, -0.2) is 44.9 Å². The van der Waals surface area contributed by atoms with E-state index in [0.29, 0.717) is 25.2 Å². The van der Waals surface area contributed by atoms with Crippen LogP contribution in [0.4, 0.5) is 0 Å². The van der Waals surface area contributed by atoms with Crippen molar-refractivity contribution in [2.45, 2.75) is 109 Å². The highest BCUT2D eigenvalue weighted by Gasteiger charge is 2.32. The molecule has 2 amide bonds. The van der Waals surface area contributed by atoms with Gasteiger partial charge in [0.25, 0.3) is 0 Å². The molecule has 1 heterocycles. The maximum Gasteiger partial charge on any atom is 0.243 e. The molecule has 6 heteroatoms. The largest absolute Gasteiger partial charge is 0.353 e. The van der Waals surface area contributed by atoms with Crippen LogP contribution in [0.2, 0.25) is 0 Å². The molecule has 2 fully saturated rings. The number of amides is 2. The van der Waals surface area contributed by atoms with Crippen molar-refractivity contribution in [2.75, 3.05) is 6.54 Å². The Bertz CT molecular complexity index is 968. The van der Waals surface area contributed by atoms with Gasteiger partial charge < -0.3 is 14.8 Å². The zero-order valence-electron chi connectivity index (χ0n) is 21.2. The van der Waals surface area contributed by atoms with Crippen LogP contribution in [0, 0.1) is 0 Å². The van der Waals surface area contributed by atoms with Gasteiger partial charge in [0.05, 0.1) is 11.0 Å². The molecular weight excluding hydrogens is 436 g/mol. The number of nitrogens with one attached hydrogen (secondary N) is 1. The van der Waals surface area contributed by atoms with E-state index in [4.69, 9.17) is 4.98 Å². The third-order valence-electron chi connectivity index (χ3n) is 7.81. The summed E-state index contributed by atoms with van der Waals surface area (Å²) in [5.41, 5.74) is 2.02. The number of hydrogen-bond donors (Lipinski definition) is 1. The van der Waals surface area contributed by atoms with Crippen LogP contribution in [-0.2, 0) is 22.6 Å². The van der Waals surface area contributed by atoms with E-state index in [9.17, 15) is 9.59 Å². The second kappa shape index (κ2) is 12.9. The Morgan fingerprint density at radius 3 is 2.29 bits per heavy atom. The molecule has 0 unspecified atom stereocenters. The number of carbonyl (C=O) groups is 2. The van der Waals surface area contributed by atoms with Gasteiger partial charge in [-0.3, -0.25) is 9.59 Å². The number of rotatable bonds is 11. The van der Waals surface area contributed by atoms with Gasteiger partial charge in [0.15, 0.2) is 0 Å². The van der Waals surface area contributed by atoms with Crippen molar-refractivity contribution in [3.8, 4) is 0 Å². The van der Waals surface area contributed by atoms with Gasteiger partial charge in [-0.15, -0.1) is 0 Å². The van der Waals surface area contributed by atoms with Gasteiger partial charge in [-0.05, 0) is 56.7 Å². The molecule has 0 aliphatic heterocycles. The molecular formula is C29H42N4O2. The van der Waals surface area contributed by atoms with E-state index in [1.807, 2.05) is 18.2 Å². The Morgan fingerprint density at radius 2 is 1.63 bits per heavy atom. The van der Waals surface area contributed by atoms with E-state index in [-0.39, 0.29) is 11.8 Å². The Balaban J connectivity index is 1.46. The van der Waals surface area contributed by atoms with Crippen LogP contribution in [0.1, 0.15) is 89.3 Å². The summed E-state index contributed by atoms with van der Waals surface area (Å²) in [5.74, 6) is 1.16. The highest BCUT2D eigenvalue weighted by Crippen LogP contribution is 2.31. The van der Waals surface area contributed by atoms with Crippen LogP contribution in [0.15, 0.2) is 36.9 Å². The molecule has 2 aliphatic rings. The maximum atomic E-state index is 13.9. The molecule has 6 nitrogen and oxygen atoms in total. The molecule has 0 radical (unpaired) electrons. The summed E-state index contributed by atoms with van der Waals surface area (Å²) in [5, 5.41) is 2.84. The van der Waals surface area contributed by atoms with Crippen molar-refractivity contribution in [3.05, 3.63) is 42.7 Å². The van der Waals surface area contributed by atoms with E-state index in [2.05, 4.69) is 27.4 Å². The zero-order chi connectivity index (χ0) is 24.5. The van der Waals surface area contributed by atoms with E-state index >= 15 is 0 Å². The highest BCUT2D eigenvalue weighted by molar-refractivity contribution is 5.86. The number of aromatic nitrogens is 2. The van der Waals surface area contributed by atoms with E-state index in [0.717, 1.165) is 68.2 Å². The Morgan fingerprint density at radius 1 is 0.971 bits per heavy atom. The predicted octanol–water partition coefficient (Wildman–Crippen LogP) is 5.55. The van der Waals surface area contributed by atoms with Crippen LogP contribution in [0.25, 0.3) is 11.0 Å². The number of fused-ring (bicyclic) bond motifs is 1. The predicted molar refractivity (Wildman–Crippen MR) is 141 cm³/mol. The fraction of sp³-hybridized carbons (Fsp3) is 0.621. The summed E-state index contributed by atoms with van der Waals surface area (Å²) < 4.78 is 2.18. The van der Waals surface area contributed by atoms with Crippen LogP contribution in [0.5, 0.6) is 0 Å². The summed E-state index contributed by atoms with van der Waals surface area (Å²) in [6.07, 6.45) is 17.3. The van der Waals surface area contributed by atoms with E-state index in [1.54, 1.807) is 0 Å². The lowest BCUT2D eigenvalue weighted by atomic mass is 9.88. The van der Waals surface area contributed by atoms with Crippen molar-refractivity contribution in [2.24, 2.45) is 0 Å². The molecule has 0 bridgehead atoms. The Hall–Kier alpha value is -2.63. The third kappa shape index (κ3) is 6.74. The quantitative estimate of drug-likeness (QED) is 0.340. The number of hydrogen-bond acceptors (Lipinski definition) is 3. The van der Waals surface area contributed by atoms with Gasteiger partial charge >= 0.3 is 0 Å². The highest BCUT2D eigenvalue weighted by atomic mass is 16.2. The van der Waals surface area contributed by atoms with Gasteiger partial charge in [-0.2, -0.15) is 0 Å². The number of unbranched alkanes of at least 4 members (excludes halogenated alkanes) is 2.